The molecule has 0 saturated carbocycles. The lowest BCUT2D eigenvalue weighted by molar-refractivity contribution is -0.120. The van der Waals surface area contributed by atoms with Crippen LogP contribution in [0.1, 0.15) is 16.7 Å². The van der Waals surface area contributed by atoms with Crippen LogP contribution in [0.3, 0.4) is 0 Å². The van der Waals surface area contributed by atoms with Crippen LogP contribution >= 0.6 is 0 Å². The Morgan fingerprint density at radius 3 is 2.50 bits per heavy atom. The summed E-state index contributed by atoms with van der Waals surface area (Å²) in [5.74, 6) is 0.405. The number of hydrogen-bond acceptors (Lipinski definition) is 2. The van der Waals surface area contributed by atoms with Crippen molar-refractivity contribution >= 4 is 5.78 Å². The zero-order valence-corrected chi connectivity index (χ0v) is 11.7. The molecule has 0 heterocycles. The fourth-order valence-electron chi connectivity index (χ4n) is 1.92. The van der Waals surface area contributed by atoms with Crippen LogP contribution in [0.25, 0.3) is 0 Å². The second-order valence-corrected chi connectivity index (χ2v) is 4.83. The molecule has 0 aliphatic carbocycles. The maximum atomic E-state index is 12.8. The van der Waals surface area contributed by atoms with E-state index < -0.39 is 0 Å². The van der Waals surface area contributed by atoms with Gasteiger partial charge in [0.1, 0.15) is 18.2 Å². The van der Waals surface area contributed by atoms with Gasteiger partial charge in [0.25, 0.3) is 0 Å². The van der Waals surface area contributed by atoms with E-state index in [2.05, 4.69) is 0 Å². The van der Waals surface area contributed by atoms with Crippen molar-refractivity contribution in [1.82, 2.24) is 0 Å². The highest BCUT2D eigenvalue weighted by Crippen LogP contribution is 2.20. The molecule has 0 aromatic heterocycles. The van der Waals surface area contributed by atoms with Crippen LogP contribution < -0.4 is 4.74 Å². The molecule has 0 radical (unpaired) electrons. The van der Waals surface area contributed by atoms with Gasteiger partial charge in [-0.25, -0.2) is 4.39 Å². The van der Waals surface area contributed by atoms with Crippen LogP contribution in [0.5, 0.6) is 5.75 Å². The average molecular weight is 272 g/mol. The van der Waals surface area contributed by atoms with E-state index in [9.17, 15) is 9.18 Å². The number of halogens is 1. The fourth-order valence-corrected chi connectivity index (χ4v) is 1.92. The zero-order valence-electron chi connectivity index (χ0n) is 11.7. The Morgan fingerprint density at radius 2 is 1.80 bits per heavy atom. The van der Waals surface area contributed by atoms with Crippen LogP contribution in [0.15, 0.2) is 42.5 Å². The van der Waals surface area contributed by atoms with Gasteiger partial charge in [0, 0.05) is 6.42 Å². The zero-order chi connectivity index (χ0) is 14.5. The van der Waals surface area contributed by atoms with E-state index in [4.69, 9.17) is 4.74 Å². The Labute approximate surface area is 118 Å². The molecule has 2 aromatic carbocycles. The number of ether oxygens (including phenoxy) is 1. The third-order valence-electron chi connectivity index (χ3n) is 3.26. The summed E-state index contributed by atoms with van der Waals surface area (Å²) in [7, 11) is 0. The van der Waals surface area contributed by atoms with Crippen LogP contribution in [0, 0.1) is 19.7 Å². The smallest absolute Gasteiger partial charge is 0.174 e. The third-order valence-corrected chi connectivity index (χ3v) is 3.26. The minimum absolute atomic E-state index is 0.0294. The molecule has 2 aromatic rings. The van der Waals surface area contributed by atoms with Crippen molar-refractivity contribution in [2.24, 2.45) is 0 Å². The maximum Gasteiger partial charge on any atom is 0.174 e. The monoisotopic (exact) mass is 272 g/mol. The number of carbonyl (C=O) groups excluding carboxylic acids is 1. The van der Waals surface area contributed by atoms with Gasteiger partial charge in [0.15, 0.2) is 5.78 Å². The summed E-state index contributed by atoms with van der Waals surface area (Å²) >= 11 is 0. The molecular formula is C17H17FO2. The van der Waals surface area contributed by atoms with Crippen molar-refractivity contribution in [2.45, 2.75) is 20.3 Å². The Balaban J connectivity index is 1.92. The van der Waals surface area contributed by atoms with Crippen molar-refractivity contribution in [3.63, 3.8) is 0 Å². The van der Waals surface area contributed by atoms with Gasteiger partial charge in [-0.05, 0) is 48.7 Å². The number of hydrogen-bond donors (Lipinski definition) is 0. The molecule has 3 heteroatoms. The average Bonchev–Trinajstić information content (AvgIpc) is 2.43. The molecular weight excluding hydrogens is 255 g/mol. The number of Topliss-reactive ketones (excluding diaryl/α,β-unsaturated/α-hetero) is 1. The summed E-state index contributed by atoms with van der Waals surface area (Å²) in [6.45, 7) is 4.00. The second kappa shape index (κ2) is 6.33. The number of rotatable bonds is 5. The molecule has 0 saturated heterocycles. The van der Waals surface area contributed by atoms with Gasteiger partial charge in [-0.1, -0.05) is 24.3 Å². The van der Waals surface area contributed by atoms with Crippen LogP contribution in [-0.2, 0) is 11.2 Å². The molecule has 2 nitrogen and oxygen atoms in total. The van der Waals surface area contributed by atoms with Crippen LogP contribution in [0.2, 0.25) is 0 Å². The van der Waals surface area contributed by atoms with E-state index in [1.165, 1.54) is 12.1 Å². The van der Waals surface area contributed by atoms with Gasteiger partial charge < -0.3 is 4.74 Å². The predicted octanol–water partition coefficient (Wildman–Crippen LogP) is 3.63. The van der Waals surface area contributed by atoms with Crippen LogP contribution in [0.4, 0.5) is 4.39 Å². The minimum Gasteiger partial charge on any atom is -0.486 e. The van der Waals surface area contributed by atoms with Crippen molar-refractivity contribution < 1.29 is 13.9 Å². The number of benzene rings is 2. The molecule has 0 aliphatic heterocycles. The number of ketones is 1. The SMILES string of the molecule is Cc1cccc(OCC(=O)Cc2ccc(F)cc2)c1C. The summed E-state index contributed by atoms with van der Waals surface area (Å²) in [6.07, 6.45) is 0.255. The van der Waals surface area contributed by atoms with Gasteiger partial charge in [0.05, 0.1) is 0 Å². The van der Waals surface area contributed by atoms with Crippen molar-refractivity contribution in [3.8, 4) is 5.75 Å². The molecule has 0 unspecified atom stereocenters. The quantitative estimate of drug-likeness (QED) is 0.830. The normalized spacial score (nSPS) is 10.3. The van der Waals surface area contributed by atoms with Gasteiger partial charge in [-0.15, -0.1) is 0 Å². The van der Waals surface area contributed by atoms with Gasteiger partial charge in [-0.3, -0.25) is 4.79 Å². The van der Waals surface area contributed by atoms with Gasteiger partial charge in [0.2, 0.25) is 0 Å². The first-order valence-corrected chi connectivity index (χ1v) is 6.51. The van der Waals surface area contributed by atoms with Crippen molar-refractivity contribution in [1.29, 1.82) is 0 Å². The third kappa shape index (κ3) is 3.67. The van der Waals surface area contributed by atoms with Crippen LogP contribution in [-0.4, -0.2) is 12.4 Å². The van der Waals surface area contributed by atoms with E-state index in [0.29, 0.717) is 0 Å². The maximum absolute atomic E-state index is 12.8. The molecule has 0 atom stereocenters. The molecule has 0 amide bonds. The van der Waals surface area contributed by atoms with Gasteiger partial charge in [-0.2, -0.15) is 0 Å². The van der Waals surface area contributed by atoms with E-state index in [1.54, 1.807) is 12.1 Å². The lowest BCUT2D eigenvalue weighted by Crippen LogP contribution is -2.14. The highest BCUT2D eigenvalue weighted by atomic mass is 19.1. The standard InChI is InChI=1S/C17H17FO2/c1-12-4-3-5-17(13(12)2)20-11-16(19)10-14-6-8-15(18)9-7-14/h3-9H,10-11H2,1-2H3. The van der Waals surface area contributed by atoms with E-state index in [-0.39, 0.29) is 24.6 Å². The molecule has 2 rings (SSSR count). The first-order chi connectivity index (χ1) is 9.56. The molecule has 0 bridgehead atoms. The molecule has 0 spiro atoms. The Bertz CT molecular complexity index is 603. The largest absolute Gasteiger partial charge is 0.486 e. The summed E-state index contributed by atoms with van der Waals surface area (Å²) in [6, 6.07) is 11.7. The van der Waals surface area contributed by atoms with Gasteiger partial charge >= 0.3 is 0 Å². The molecule has 20 heavy (non-hydrogen) atoms. The summed E-state index contributed by atoms with van der Waals surface area (Å²) < 4.78 is 18.3. The molecule has 0 N–H and O–H groups in total. The minimum atomic E-state index is -0.298. The Hall–Kier alpha value is -2.16. The summed E-state index contributed by atoms with van der Waals surface area (Å²) in [5, 5.41) is 0. The fraction of sp³-hybridized carbons (Fsp3) is 0.235. The van der Waals surface area contributed by atoms with E-state index in [1.807, 2.05) is 32.0 Å². The van der Waals surface area contributed by atoms with Crippen molar-refractivity contribution in [3.05, 3.63) is 65.0 Å². The molecule has 0 fully saturated rings. The van der Waals surface area contributed by atoms with E-state index >= 15 is 0 Å². The second-order valence-electron chi connectivity index (χ2n) is 4.83. The summed E-state index contributed by atoms with van der Waals surface area (Å²) in [5.41, 5.74) is 2.97. The molecule has 0 aliphatic rings. The Kier molecular flexibility index (Phi) is 4.51. The first kappa shape index (κ1) is 14.3. The summed E-state index contributed by atoms with van der Waals surface area (Å²) in [4.78, 5) is 11.8. The van der Waals surface area contributed by atoms with Crippen molar-refractivity contribution in [2.75, 3.05) is 6.61 Å². The Morgan fingerprint density at radius 1 is 1.10 bits per heavy atom. The number of carbonyl (C=O) groups is 1. The van der Waals surface area contributed by atoms with E-state index in [0.717, 1.165) is 22.4 Å². The predicted molar refractivity (Wildman–Crippen MR) is 76.5 cm³/mol. The lowest BCUT2D eigenvalue weighted by atomic mass is 10.1. The lowest BCUT2D eigenvalue weighted by Gasteiger charge is -2.10. The highest BCUT2D eigenvalue weighted by molar-refractivity contribution is 5.82. The topological polar surface area (TPSA) is 26.3 Å². The number of aryl methyl sites for hydroxylation is 1. The first-order valence-electron chi connectivity index (χ1n) is 6.51. The molecule has 104 valence electrons. The highest BCUT2D eigenvalue weighted by Gasteiger charge is 2.07.